The highest BCUT2D eigenvalue weighted by Crippen LogP contribution is 2.22. The van der Waals surface area contributed by atoms with E-state index in [0.29, 0.717) is 0 Å². The first-order chi connectivity index (χ1) is 10.3. The van der Waals surface area contributed by atoms with Gasteiger partial charge in [-0.2, -0.15) is 0 Å². The molecule has 0 amide bonds. The lowest BCUT2D eigenvalue weighted by Gasteiger charge is -2.17. The summed E-state index contributed by atoms with van der Waals surface area (Å²) in [6, 6.07) is 18.6. The van der Waals surface area contributed by atoms with Crippen molar-refractivity contribution >= 4 is 22.5 Å². The van der Waals surface area contributed by atoms with Gasteiger partial charge in [-0.15, -0.1) is 0 Å². The van der Waals surface area contributed by atoms with E-state index in [-0.39, 0.29) is 6.04 Å². The largest absolute Gasteiger partial charge is 0.313 e. The predicted molar refractivity (Wildman–Crippen MR) is 88.7 cm³/mol. The average molecular weight is 297 g/mol. The van der Waals surface area contributed by atoms with Crippen molar-refractivity contribution in [2.24, 2.45) is 0 Å². The molecule has 0 radical (unpaired) electrons. The molecule has 0 aliphatic rings. The van der Waals surface area contributed by atoms with Gasteiger partial charge in [0.1, 0.15) is 0 Å². The van der Waals surface area contributed by atoms with Crippen LogP contribution in [0.25, 0.3) is 10.9 Å². The van der Waals surface area contributed by atoms with Crippen molar-refractivity contribution in [3.05, 3.63) is 76.9 Å². The summed E-state index contributed by atoms with van der Waals surface area (Å²) in [6.45, 7) is 0. The second-order valence-electron chi connectivity index (χ2n) is 5.13. The molecule has 106 valence electrons. The zero-order valence-electron chi connectivity index (χ0n) is 11.9. The number of nitrogens with one attached hydrogen (secondary N) is 1. The number of pyridine rings is 1. The van der Waals surface area contributed by atoms with Crippen LogP contribution in [0.2, 0.25) is 5.02 Å². The first-order valence-electron chi connectivity index (χ1n) is 7.02. The fourth-order valence-corrected chi connectivity index (χ4v) is 2.65. The summed E-state index contributed by atoms with van der Waals surface area (Å²) in [5.41, 5.74) is 3.49. The lowest BCUT2D eigenvalue weighted by Crippen LogP contribution is -2.19. The smallest absolute Gasteiger partial charge is 0.0702 e. The van der Waals surface area contributed by atoms with E-state index >= 15 is 0 Å². The molecule has 21 heavy (non-hydrogen) atoms. The first-order valence-corrected chi connectivity index (χ1v) is 7.40. The minimum Gasteiger partial charge on any atom is -0.313 e. The molecular formula is C18H17ClN2. The van der Waals surface area contributed by atoms with Gasteiger partial charge < -0.3 is 5.32 Å². The van der Waals surface area contributed by atoms with Crippen molar-refractivity contribution < 1.29 is 0 Å². The third kappa shape index (κ3) is 3.23. The average Bonchev–Trinajstić information content (AvgIpc) is 2.54. The van der Waals surface area contributed by atoms with E-state index in [1.54, 1.807) is 0 Å². The van der Waals surface area contributed by atoms with Gasteiger partial charge >= 0.3 is 0 Å². The lowest BCUT2D eigenvalue weighted by atomic mass is 9.99. The molecule has 2 aromatic carbocycles. The first kappa shape index (κ1) is 14.1. The molecule has 0 aliphatic carbocycles. The van der Waals surface area contributed by atoms with Crippen molar-refractivity contribution in [3.8, 4) is 0 Å². The van der Waals surface area contributed by atoms with Gasteiger partial charge in [0, 0.05) is 22.6 Å². The van der Waals surface area contributed by atoms with E-state index in [1.165, 1.54) is 16.5 Å². The van der Waals surface area contributed by atoms with Crippen LogP contribution in [0.3, 0.4) is 0 Å². The number of fused-ring (bicyclic) bond motifs is 1. The Labute approximate surface area is 129 Å². The molecule has 0 aliphatic heterocycles. The molecule has 1 unspecified atom stereocenters. The second kappa shape index (κ2) is 6.25. The zero-order chi connectivity index (χ0) is 14.7. The highest BCUT2D eigenvalue weighted by molar-refractivity contribution is 6.30. The Kier molecular flexibility index (Phi) is 4.18. The van der Waals surface area contributed by atoms with Crippen LogP contribution in [0, 0.1) is 0 Å². The van der Waals surface area contributed by atoms with Crippen LogP contribution in [-0.2, 0) is 6.42 Å². The van der Waals surface area contributed by atoms with Gasteiger partial charge in [0.15, 0.2) is 0 Å². The number of hydrogen-bond acceptors (Lipinski definition) is 2. The van der Waals surface area contributed by atoms with Gasteiger partial charge in [0.25, 0.3) is 0 Å². The Balaban J connectivity index is 1.88. The normalized spacial score (nSPS) is 12.5. The van der Waals surface area contributed by atoms with Crippen LogP contribution in [0.4, 0.5) is 0 Å². The fraction of sp³-hybridized carbons (Fsp3) is 0.167. The SMILES string of the molecule is CNC(Cc1ccc(Cl)cc1)c1cnc2ccccc2c1. The van der Waals surface area contributed by atoms with Crippen LogP contribution in [-0.4, -0.2) is 12.0 Å². The molecule has 3 rings (SSSR count). The molecule has 1 N–H and O–H groups in total. The summed E-state index contributed by atoms with van der Waals surface area (Å²) >= 11 is 5.94. The molecule has 0 bridgehead atoms. The highest BCUT2D eigenvalue weighted by Gasteiger charge is 2.11. The topological polar surface area (TPSA) is 24.9 Å². The van der Waals surface area contributed by atoms with E-state index in [1.807, 2.05) is 43.6 Å². The van der Waals surface area contributed by atoms with E-state index in [4.69, 9.17) is 11.6 Å². The number of nitrogens with zero attached hydrogens (tertiary/aromatic N) is 1. The molecule has 0 spiro atoms. The molecule has 0 fully saturated rings. The second-order valence-corrected chi connectivity index (χ2v) is 5.57. The van der Waals surface area contributed by atoms with E-state index in [2.05, 4.69) is 34.6 Å². The predicted octanol–water partition coefficient (Wildman–Crippen LogP) is 4.39. The minimum atomic E-state index is 0.239. The summed E-state index contributed by atoms with van der Waals surface area (Å²) < 4.78 is 0. The molecular weight excluding hydrogens is 280 g/mol. The highest BCUT2D eigenvalue weighted by atomic mass is 35.5. The van der Waals surface area contributed by atoms with Crippen molar-refractivity contribution in [3.63, 3.8) is 0 Å². The Hall–Kier alpha value is -1.90. The number of halogens is 1. The summed E-state index contributed by atoms with van der Waals surface area (Å²) in [4.78, 5) is 4.54. The van der Waals surface area contributed by atoms with Crippen molar-refractivity contribution in [1.82, 2.24) is 10.3 Å². The Bertz CT molecular complexity index is 738. The number of rotatable bonds is 4. The molecule has 0 saturated carbocycles. The monoisotopic (exact) mass is 296 g/mol. The van der Waals surface area contributed by atoms with Gasteiger partial charge in [-0.1, -0.05) is 41.9 Å². The Morgan fingerprint density at radius 3 is 2.62 bits per heavy atom. The number of benzene rings is 2. The van der Waals surface area contributed by atoms with Crippen LogP contribution in [0.1, 0.15) is 17.2 Å². The van der Waals surface area contributed by atoms with Crippen LogP contribution < -0.4 is 5.32 Å². The fourth-order valence-electron chi connectivity index (χ4n) is 2.52. The Morgan fingerprint density at radius 2 is 1.86 bits per heavy atom. The van der Waals surface area contributed by atoms with Crippen molar-refractivity contribution in [2.75, 3.05) is 7.05 Å². The Morgan fingerprint density at radius 1 is 1.10 bits per heavy atom. The van der Waals surface area contributed by atoms with Gasteiger partial charge in [-0.3, -0.25) is 4.98 Å². The number of likely N-dealkylation sites (N-methyl/N-ethyl adjacent to an activating group) is 1. The standard InChI is InChI=1S/C18H17ClN2/c1-20-18(10-13-6-8-16(19)9-7-13)15-11-14-4-2-3-5-17(14)21-12-15/h2-9,11-12,18,20H,10H2,1H3. The summed E-state index contributed by atoms with van der Waals surface area (Å²) in [5.74, 6) is 0. The third-order valence-corrected chi connectivity index (χ3v) is 3.97. The third-order valence-electron chi connectivity index (χ3n) is 3.72. The maximum Gasteiger partial charge on any atom is 0.0702 e. The van der Waals surface area contributed by atoms with E-state index in [9.17, 15) is 0 Å². The number of para-hydroxylation sites is 1. The molecule has 1 atom stereocenters. The van der Waals surface area contributed by atoms with Gasteiger partial charge in [0.05, 0.1) is 5.52 Å². The van der Waals surface area contributed by atoms with E-state index in [0.717, 1.165) is 17.0 Å². The molecule has 3 heteroatoms. The van der Waals surface area contributed by atoms with Crippen LogP contribution in [0.15, 0.2) is 60.8 Å². The minimum absolute atomic E-state index is 0.239. The maximum atomic E-state index is 5.94. The molecule has 0 saturated heterocycles. The number of hydrogen-bond donors (Lipinski definition) is 1. The quantitative estimate of drug-likeness (QED) is 0.772. The molecule has 1 aromatic heterocycles. The molecule has 2 nitrogen and oxygen atoms in total. The van der Waals surface area contributed by atoms with Gasteiger partial charge in [-0.05, 0) is 48.9 Å². The van der Waals surface area contributed by atoms with E-state index < -0.39 is 0 Å². The number of aromatic nitrogens is 1. The summed E-state index contributed by atoms with van der Waals surface area (Å²) in [6.07, 6.45) is 2.87. The summed E-state index contributed by atoms with van der Waals surface area (Å²) in [5, 5.41) is 5.32. The van der Waals surface area contributed by atoms with Crippen LogP contribution >= 0.6 is 11.6 Å². The van der Waals surface area contributed by atoms with Gasteiger partial charge in [-0.25, -0.2) is 0 Å². The maximum absolute atomic E-state index is 5.94. The lowest BCUT2D eigenvalue weighted by molar-refractivity contribution is 0.591. The van der Waals surface area contributed by atoms with Gasteiger partial charge in [0.2, 0.25) is 0 Å². The zero-order valence-corrected chi connectivity index (χ0v) is 12.6. The van der Waals surface area contributed by atoms with Crippen LogP contribution in [0.5, 0.6) is 0 Å². The summed E-state index contributed by atoms with van der Waals surface area (Å²) in [7, 11) is 1.98. The van der Waals surface area contributed by atoms with Crippen molar-refractivity contribution in [2.45, 2.75) is 12.5 Å². The molecule has 1 heterocycles. The van der Waals surface area contributed by atoms with Crippen molar-refractivity contribution in [1.29, 1.82) is 0 Å². The molecule has 3 aromatic rings.